The summed E-state index contributed by atoms with van der Waals surface area (Å²) < 4.78 is 5.90. The maximum atomic E-state index is 5.90. The first-order valence-electron chi connectivity index (χ1n) is 7.99. The van der Waals surface area contributed by atoms with Crippen LogP contribution in [0.25, 0.3) is 11.2 Å². The van der Waals surface area contributed by atoms with Gasteiger partial charge in [0.2, 0.25) is 5.65 Å². The molecule has 124 valence electrons. The lowest BCUT2D eigenvalue weighted by molar-refractivity contribution is 0.306. The summed E-state index contributed by atoms with van der Waals surface area (Å²) >= 11 is 0. The molecule has 0 bridgehead atoms. The van der Waals surface area contributed by atoms with E-state index < -0.39 is 0 Å². The highest BCUT2D eigenvalue weighted by atomic mass is 16.5. The van der Waals surface area contributed by atoms with Gasteiger partial charge in [0.05, 0.1) is 0 Å². The summed E-state index contributed by atoms with van der Waals surface area (Å²) in [5, 5.41) is 10.8. The molecule has 0 unspecified atom stereocenters. The summed E-state index contributed by atoms with van der Waals surface area (Å²) in [6, 6.07) is 20.0. The molecule has 0 fully saturated rings. The maximum absolute atomic E-state index is 5.90. The van der Waals surface area contributed by atoms with Crippen LogP contribution in [-0.4, -0.2) is 20.4 Å². The third-order valence-electron chi connectivity index (χ3n) is 3.93. The molecule has 0 aliphatic heterocycles. The van der Waals surface area contributed by atoms with Crippen LogP contribution in [0.5, 0.6) is 5.75 Å². The number of H-pyrrole nitrogens is 1. The first-order chi connectivity index (χ1) is 12.3. The van der Waals surface area contributed by atoms with Gasteiger partial charge in [-0.05, 0) is 34.9 Å². The van der Waals surface area contributed by atoms with E-state index in [9.17, 15) is 0 Å². The first kappa shape index (κ1) is 15.1. The van der Waals surface area contributed by atoms with Gasteiger partial charge in [-0.1, -0.05) is 42.5 Å². The lowest BCUT2D eigenvalue weighted by Crippen LogP contribution is -1.98. The minimum absolute atomic E-state index is 0.438. The molecule has 25 heavy (non-hydrogen) atoms. The number of aromatic nitrogens is 4. The highest BCUT2D eigenvalue weighted by Gasteiger charge is 2.09. The fourth-order valence-electron chi connectivity index (χ4n) is 2.76. The number of nitrogens with zero attached hydrogens (tertiary/aromatic N) is 3. The highest BCUT2D eigenvalue weighted by molar-refractivity contribution is 5.76. The summed E-state index contributed by atoms with van der Waals surface area (Å²) in [5.41, 5.74) is 10.4. The molecule has 3 N–H and O–H groups in total. The van der Waals surface area contributed by atoms with Gasteiger partial charge in [0.1, 0.15) is 23.7 Å². The monoisotopic (exact) mass is 331 g/mol. The minimum Gasteiger partial charge on any atom is -0.489 e. The number of ether oxygens (including phenoxy) is 1. The Bertz CT molecular complexity index is 997. The number of hydrogen-bond acceptors (Lipinski definition) is 5. The molecule has 0 atom stereocenters. The van der Waals surface area contributed by atoms with Crippen LogP contribution in [0.4, 0.5) is 5.82 Å². The summed E-state index contributed by atoms with van der Waals surface area (Å²) in [4.78, 5) is 4.17. The number of anilines is 1. The van der Waals surface area contributed by atoms with Crippen LogP contribution in [0.3, 0.4) is 0 Å². The second kappa shape index (κ2) is 6.60. The van der Waals surface area contributed by atoms with E-state index in [0.717, 1.165) is 28.0 Å². The van der Waals surface area contributed by atoms with Crippen molar-refractivity contribution in [3.63, 3.8) is 0 Å². The van der Waals surface area contributed by atoms with Crippen LogP contribution in [0.2, 0.25) is 0 Å². The first-order valence-corrected chi connectivity index (χ1v) is 7.99. The van der Waals surface area contributed by atoms with Crippen molar-refractivity contribution >= 4 is 17.0 Å². The second-order valence-corrected chi connectivity index (χ2v) is 5.80. The number of fused-ring (bicyclic) bond motifs is 1. The lowest BCUT2D eigenvalue weighted by Gasteiger charge is -2.09. The Balaban J connectivity index is 1.54. The maximum Gasteiger partial charge on any atom is 0.203 e. The minimum atomic E-state index is 0.438. The van der Waals surface area contributed by atoms with Crippen molar-refractivity contribution in [1.29, 1.82) is 0 Å². The van der Waals surface area contributed by atoms with Crippen molar-refractivity contribution in [2.75, 3.05) is 5.73 Å². The molecule has 0 aliphatic carbocycles. The van der Waals surface area contributed by atoms with Gasteiger partial charge >= 0.3 is 0 Å². The average Bonchev–Trinajstić information content (AvgIpc) is 3.10. The molecule has 0 radical (unpaired) electrons. The third-order valence-corrected chi connectivity index (χ3v) is 3.93. The summed E-state index contributed by atoms with van der Waals surface area (Å²) in [6.45, 7) is 0.542. The van der Waals surface area contributed by atoms with Gasteiger partial charge in [0.15, 0.2) is 0 Å². The molecule has 2 aromatic carbocycles. The van der Waals surface area contributed by atoms with Crippen molar-refractivity contribution in [3.8, 4) is 5.75 Å². The van der Waals surface area contributed by atoms with Gasteiger partial charge in [-0.3, -0.25) is 0 Å². The van der Waals surface area contributed by atoms with E-state index in [2.05, 4.69) is 26.5 Å². The van der Waals surface area contributed by atoms with E-state index in [0.29, 0.717) is 24.5 Å². The Morgan fingerprint density at radius 2 is 1.76 bits per heavy atom. The Kier molecular flexibility index (Phi) is 4.00. The Morgan fingerprint density at radius 1 is 0.920 bits per heavy atom. The molecule has 2 heterocycles. The molecular formula is C19H17N5O. The van der Waals surface area contributed by atoms with Gasteiger partial charge in [-0.15, -0.1) is 5.10 Å². The summed E-state index contributed by atoms with van der Waals surface area (Å²) in [7, 11) is 0. The predicted molar refractivity (Wildman–Crippen MR) is 96.1 cm³/mol. The number of hydrogen-bond donors (Lipinski definition) is 2. The predicted octanol–water partition coefficient (Wildman–Crippen LogP) is 3.10. The van der Waals surface area contributed by atoms with Crippen molar-refractivity contribution in [2.24, 2.45) is 0 Å². The lowest BCUT2D eigenvalue weighted by atomic mass is 10.0. The number of nitrogens with two attached hydrogens (primary N) is 1. The fraction of sp³-hybridized carbons (Fsp3) is 0.105. The van der Waals surface area contributed by atoms with Gasteiger partial charge in [-0.25, -0.2) is 4.98 Å². The number of aromatic amines is 1. The molecule has 4 aromatic rings. The van der Waals surface area contributed by atoms with Crippen molar-refractivity contribution < 1.29 is 4.74 Å². The van der Waals surface area contributed by atoms with E-state index in [1.165, 1.54) is 0 Å². The van der Waals surface area contributed by atoms with Crippen LogP contribution in [-0.2, 0) is 13.0 Å². The zero-order valence-corrected chi connectivity index (χ0v) is 13.5. The van der Waals surface area contributed by atoms with E-state index in [-0.39, 0.29) is 0 Å². The number of nitrogens with one attached hydrogen (secondary N) is 1. The van der Waals surface area contributed by atoms with Crippen LogP contribution >= 0.6 is 0 Å². The molecule has 4 rings (SSSR count). The summed E-state index contributed by atoms with van der Waals surface area (Å²) in [5.74, 6) is 1.27. The Labute approximate surface area is 144 Å². The Morgan fingerprint density at radius 3 is 2.64 bits per heavy atom. The molecule has 0 saturated heterocycles. The normalized spacial score (nSPS) is 10.9. The summed E-state index contributed by atoms with van der Waals surface area (Å²) in [6.07, 6.45) is 0.679. The van der Waals surface area contributed by atoms with Crippen LogP contribution in [0.15, 0.2) is 60.7 Å². The molecule has 0 spiro atoms. The van der Waals surface area contributed by atoms with Gasteiger partial charge in [-0.2, -0.15) is 10.3 Å². The zero-order valence-electron chi connectivity index (χ0n) is 13.5. The van der Waals surface area contributed by atoms with E-state index in [4.69, 9.17) is 10.5 Å². The number of benzene rings is 2. The third kappa shape index (κ3) is 3.42. The fourth-order valence-corrected chi connectivity index (χ4v) is 2.76. The molecular weight excluding hydrogens is 314 g/mol. The van der Waals surface area contributed by atoms with Crippen molar-refractivity contribution in [2.45, 2.75) is 13.0 Å². The molecule has 2 aromatic heterocycles. The van der Waals surface area contributed by atoms with Crippen molar-refractivity contribution in [3.05, 3.63) is 77.4 Å². The molecule has 6 nitrogen and oxygen atoms in total. The SMILES string of the molecule is Nc1cc(Cc2cccc(OCc3ccccc3)c2)c2n[nH]nc2n1. The topological polar surface area (TPSA) is 89.7 Å². The number of pyridine rings is 1. The van der Waals surface area contributed by atoms with E-state index in [1.54, 1.807) is 0 Å². The quantitative estimate of drug-likeness (QED) is 0.586. The molecule has 6 heteroatoms. The van der Waals surface area contributed by atoms with E-state index in [1.807, 2.05) is 54.6 Å². The van der Waals surface area contributed by atoms with Crippen LogP contribution in [0.1, 0.15) is 16.7 Å². The van der Waals surface area contributed by atoms with Crippen molar-refractivity contribution in [1.82, 2.24) is 20.4 Å². The van der Waals surface area contributed by atoms with Gasteiger partial charge in [0, 0.05) is 6.42 Å². The van der Waals surface area contributed by atoms with Crippen LogP contribution in [0, 0.1) is 0 Å². The average molecular weight is 331 g/mol. The smallest absolute Gasteiger partial charge is 0.203 e. The van der Waals surface area contributed by atoms with Gasteiger partial charge < -0.3 is 10.5 Å². The molecule has 0 aliphatic rings. The second-order valence-electron chi connectivity index (χ2n) is 5.80. The highest BCUT2D eigenvalue weighted by Crippen LogP contribution is 2.22. The van der Waals surface area contributed by atoms with Crippen LogP contribution < -0.4 is 10.5 Å². The number of rotatable bonds is 5. The van der Waals surface area contributed by atoms with Gasteiger partial charge in [0.25, 0.3) is 0 Å². The molecule has 0 amide bonds. The molecule has 0 saturated carbocycles. The zero-order chi connectivity index (χ0) is 17.1. The number of nitrogen functional groups attached to an aromatic ring is 1. The Hall–Kier alpha value is -3.41. The van der Waals surface area contributed by atoms with E-state index >= 15 is 0 Å². The standard InChI is InChI=1S/C19H17N5O/c20-17-11-15(18-19(21-17)23-24-22-18)9-14-7-4-8-16(10-14)25-12-13-5-2-1-3-6-13/h1-8,10-11H,9,12H2,(H3,20,21,22,23,24). The largest absolute Gasteiger partial charge is 0.489 e.